The van der Waals surface area contributed by atoms with E-state index >= 15 is 0 Å². The molecular weight excluding hydrogens is 190 g/mol. The number of carbonyl (C=O) groups excluding carboxylic acids is 2. The molecule has 0 radical (unpaired) electrons. The van der Waals surface area contributed by atoms with E-state index in [2.05, 4.69) is 4.98 Å². The Morgan fingerprint density at radius 1 is 1.54 bits per heavy atom. The highest BCUT2D eigenvalue weighted by Gasteiger charge is 2.02. The number of aldehydes is 1. The van der Waals surface area contributed by atoms with Crippen LogP contribution in [-0.2, 0) is 16.0 Å². The molecule has 0 aromatic carbocycles. The van der Waals surface area contributed by atoms with Crippen molar-refractivity contribution in [1.29, 1.82) is 0 Å². The van der Waals surface area contributed by atoms with Crippen LogP contribution in [0.5, 0.6) is 0 Å². The summed E-state index contributed by atoms with van der Waals surface area (Å²) in [6.45, 7) is 0. The van der Waals surface area contributed by atoms with Crippen molar-refractivity contribution in [2.45, 2.75) is 12.8 Å². The van der Waals surface area contributed by atoms with E-state index in [0.29, 0.717) is 11.4 Å². The zero-order chi connectivity index (χ0) is 9.68. The third-order valence-electron chi connectivity index (χ3n) is 1.50. The molecule has 0 spiro atoms. The molecule has 13 heavy (non-hydrogen) atoms. The molecule has 1 heterocycles. The van der Waals surface area contributed by atoms with E-state index in [1.807, 2.05) is 0 Å². The van der Waals surface area contributed by atoms with Crippen molar-refractivity contribution >= 4 is 23.7 Å². The summed E-state index contributed by atoms with van der Waals surface area (Å²) in [5, 5.41) is 0.395. The number of hydrogen-bond donors (Lipinski definition) is 0. The van der Waals surface area contributed by atoms with Crippen molar-refractivity contribution in [3.05, 3.63) is 29.0 Å². The molecule has 0 aliphatic rings. The predicted molar refractivity (Wildman–Crippen MR) is 48.6 cm³/mol. The lowest BCUT2D eigenvalue weighted by Crippen LogP contribution is -2.03. The number of aromatic nitrogens is 1. The van der Waals surface area contributed by atoms with Crippen LogP contribution in [0.15, 0.2) is 18.3 Å². The van der Waals surface area contributed by atoms with Gasteiger partial charge in [-0.05, 0) is 11.6 Å². The molecule has 3 nitrogen and oxygen atoms in total. The summed E-state index contributed by atoms with van der Waals surface area (Å²) in [5.41, 5.74) is 0.774. The molecule has 1 rings (SSSR count). The number of ketones is 1. The summed E-state index contributed by atoms with van der Waals surface area (Å²) in [7, 11) is 0. The van der Waals surface area contributed by atoms with Crippen LogP contribution in [0.25, 0.3) is 0 Å². The molecule has 0 bridgehead atoms. The Balaban J connectivity index is 2.59. The van der Waals surface area contributed by atoms with Gasteiger partial charge in [0.1, 0.15) is 17.2 Å². The monoisotopic (exact) mass is 197 g/mol. The minimum absolute atomic E-state index is 0.0391. The molecule has 0 aliphatic heterocycles. The SMILES string of the molecule is O=CCC(=O)Cc1ccc(Cl)nc1. The largest absolute Gasteiger partial charge is 0.303 e. The number of rotatable bonds is 4. The maximum atomic E-state index is 11.0. The Labute approximate surface area is 80.7 Å². The van der Waals surface area contributed by atoms with Gasteiger partial charge in [-0.2, -0.15) is 0 Å². The lowest BCUT2D eigenvalue weighted by molar-refractivity contribution is -0.121. The first kappa shape index (κ1) is 9.86. The van der Waals surface area contributed by atoms with Gasteiger partial charge >= 0.3 is 0 Å². The number of pyridine rings is 1. The normalized spacial score (nSPS) is 9.62. The second-order valence-corrected chi connectivity index (χ2v) is 2.96. The van der Waals surface area contributed by atoms with Crippen LogP contribution < -0.4 is 0 Å². The summed E-state index contributed by atoms with van der Waals surface area (Å²) in [6, 6.07) is 3.34. The second kappa shape index (κ2) is 4.72. The first-order chi connectivity index (χ1) is 6.22. The van der Waals surface area contributed by atoms with Crippen molar-refractivity contribution in [2.24, 2.45) is 0 Å². The standard InChI is InChI=1S/C9H8ClNO2/c10-9-2-1-7(6-11-9)5-8(13)3-4-12/h1-2,4,6H,3,5H2. The first-order valence-electron chi connectivity index (χ1n) is 3.78. The number of halogens is 1. The third kappa shape index (κ3) is 3.34. The van der Waals surface area contributed by atoms with E-state index in [0.717, 1.165) is 5.56 Å². The van der Waals surface area contributed by atoms with Crippen LogP contribution in [0.4, 0.5) is 0 Å². The molecular formula is C9H8ClNO2. The van der Waals surface area contributed by atoms with E-state index in [4.69, 9.17) is 11.6 Å². The Hall–Kier alpha value is -1.22. The van der Waals surface area contributed by atoms with Crippen molar-refractivity contribution in [2.75, 3.05) is 0 Å². The minimum Gasteiger partial charge on any atom is -0.303 e. The van der Waals surface area contributed by atoms with E-state index in [-0.39, 0.29) is 18.6 Å². The fraction of sp³-hybridized carbons (Fsp3) is 0.222. The average molecular weight is 198 g/mol. The fourth-order valence-electron chi connectivity index (χ4n) is 0.904. The summed E-state index contributed by atoms with van der Waals surface area (Å²) in [6.07, 6.45) is 2.34. The smallest absolute Gasteiger partial charge is 0.144 e. The van der Waals surface area contributed by atoms with Crippen molar-refractivity contribution in [1.82, 2.24) is 4.98 Å². The molecule has 0 saturated carbocycles. The van der Waals surface area contributed by atoms with Crippen molar-refractivity contribution < 1.29 is 9.59 Å². The van der Waals surface area contributed by atoms with Crippen LogP contribution in [-0.4, -0.2) is 17.1 Å². The summed E-state index contributed by atoms with van der Waals surface area (Å²) < 4.78 is 0. The Morgan fingerprint density at radius 2 is 2.31 bits per heavy atom. The van der Waals surface area contributed by atoms with Crippen molar-refractivity contribution in [3.63, 3.8) is 0 Å². The summed E-state index contributed by atoms with van der Waals surface area (Å²) in [4.78, 5) is 24.8. The van der Waals surface area contributed by atoms with Gasteiger partial charge in [-0.1, -0.05) is 17.7 Å². The van der Waals surface area contributed by atoms with E-state index in [1.165, 1.54) is 6.20 Å². The molecule has 0 fully saturated rings. The van der Waals surface area contributed by atoms with Crippen LogP contribution in [0, 0.1) is 0 Å². The first-order valence-corrected chi connectivity index (χ1v) is 4.16. The molecule has 0 saturated heterocycles. The number of Topliss-reactive ketones (excluding diaryl/α,β-unsaturated/α-hetero) is 1. The highest BCUT2D eigenvalue weighted by molar-refractivity contribution is 6.29. The van der Waals surface area contributed by atoms with Crippen LogP contribution in [0.3, 0.4) is 0 Å². The van der Waals surface area contributed by atoms with Gasteiger partial charge in [0.2, 0.25) is 0 Å². The molecule has 0 N–H and O–H groups in total. The summed E-state index contributed by atoms with van der Waals surface area (Å²) in [5.74, 6) is -0.112. The van der Waals surface area contributed by atoms with Gasteiger partial charge in [0.05, 0.1) is 6.42 Å². The molecule has 0 amide bonds. The Morgan fingerprint density at radius 3 is 2.85 bits per heavy atom. The number of hydrogen-bond acceptors (Lipinski definition) is 3. The predicted octanol–water partition coefficient (Wildman–Crippen LogP) is 1.44. The maximum Gasteiger partial charge on any atom is 0.144 e. The van der Waals surface area contributed by atoms with Gasteiger partial charge in [0, 0.05) is 12.6 Å². The van der Waals surface area contributed by atoms with Gasteiger partial charge in [0.25, 0.3) is 0 Å². The Kier molecular flexibility index (Phi) is 3.58. The van der Waals surface area contributed by atoms with Crippen LogP contribution >= 0.6 is 11.6 Å². The molecule has 0 atom stereocenters. The van der Waals surface area contributed by atoms with Crippen molar-refractivity contribution in [3.8, 4) is 0 Å². The van der Waals surface area contributed by atoms with Gasteiger partial charge in [0.15, 0.2) is 0 Å². The molecule has 0 unspecified atom stereocenters. The number of carbonyl (C=O) groups is 2. The highest BCUT2D eigenvalue weighted by atomic mass is 35.5. The van der Waals surface area contributed by atoms with E-state index < -0.39 is 0 Å². The topological polar surface area (TPSA) is 47.0 Å². The molecule has 68 valence electrons. The van der Waals surface area contributed by atoms with Gasteiger partial charge < -0.3 is 4.79 Å². The minimum atomic E-state index is -0.112. The molecule has 0 aliphatic carbocycles. The highest BCUT2D eigenvalue weighted by Crippen LogP contribution is 2.06. The molecule has 4 heteroatoms. The van der Waals surface area contributed by atoms with Gasteiger partial charge in [-0.3, -0.25) is 4.79 Å². The zero-order valence-corrected chi connectivity index (χ0v) is 7.62. The van der Waals surface area contributed by atoms with Gasteiger partial charge in [-0.25, -0.2) is 4.98 Å². The lowest BCUT2D eigenvalue weighted by Gasteiger charge is -1.97. The number of nitrogens with zero attached hydrogens (tertiary/aromatic N) is 1. The third-order valence-corrected chi connectivity index (χ3v) is 1.72. The average Bonchev–Trinajstić information content (AvgIpc) is 2.09. The van der Waals surface area contributed by atoms with Crippen LogP contribution in [0.2, 0.25) is 5.15 Å². The van der Waals surface area contributed by atoms with E-state index in [1.54, 1.807) is 12.1 Å². The molecule has 1 aromatic rings. The molecule has 1 aromatic heterocycles. The Bertz CT molecular complexity index is 308. The van der Waals surface area contributed by atoms with Gasteiger partial charge in [-0.15, -0.1) is 0 Å². The second-order valence-electron chi connectivity index (χ2n) is 2.58. The van der Waals surface area contributed by atoms with E-state index in [9.17, 15) is 9.59 Å². The lowest BCUT2D eigenvalue weighted by atomic mass is 10.1. The fourth-order valence-corrected chi connectivity index (χ4v) is 1.02. The zero-order valence-electron chi connectivity index (χ0n) is 6.87. The summed E-state index contributed by atoms with van der Waals surface area (Å²) >= 11 is 5.56. The quantitative estimate of drug-likeness (QED) is 0.417. The van der Waals surface area contributed by atoms with Crippen LogP contribution in [0.1, 0.15) is 12.0 Å². The maximum absolute atomic E-state index is 11.0.